The third kappa shape index (κ3) is 4.64. The van der Waals surface area contributed by atoms with Crippen molar-refractivity contribution in [2.24, 2.45) is 0 Å². The number of rotatable bonds is 6. The summed E-state index contributed by atoms with van der Waals surface area (Å²) in [5.74, 6) is -0.399. The van der Waals surface area contributed by atoms with Crippen LogP contribution in [0.3, 0.4) is 0 Å². The maximum Gasteiger partial charge on any atom is 0.129 e. The minimum Gasteiger partial charge on any atom is -0.388 e. The number of aliphatic hydroxyl groups is 2. The van der Waals surface area contributed by atoms with Gasteiger partial charge >= 0.3 is 0 Å². The lowest BCUT2D eigenvalue weighted by atomic mass is 9.99. The Kier molecular flexibility index (Phi) is 6.15. The molecule has 0 saturated carbocycles. The standard InChI is InChI=1S/C20H24FNO3/c21-18-9-5-4-8-17(18)20(24)13-22-10-11-25-14-16(22)12-19(23)15-6-2-1-3-7-15/h1-9,16,19-20,23-24H,10-14H2. The Bertz CT molecular complexity index is 667. The zero-order valence-corrected chi connectivity index (χ0v) is 14.1. The first-order valence-electron chi connectivity index (χ1n) is 8.62. The van der Waals surface area contributed by atoms with Crippen molar-refractivity contribution >= 4 is 0 Å². The predicted molar refractivity (Wildman–Crippen MR) is 93.6 cm³/mol. The van der Waals surface area contributed by atoms with Gasteiger partial charge in [-0.15, -0.1) is 0 Å². The Morgan fingerprint density at radius 1 is 1.04 bits per heavy atom. The second-order valence-corrected chi connectivity index (χ2v) is 6.42. The van der Waals surface area contributed by atoms with Crippen LogP contribution in [0.4, 0.5) is 4.39 Å². The Labute approximate surface area is 147 Å². The van der Waals surface area contributed by atoms with Gasteiger partial charge in [0.05, 0.1) is 25.4 Å². The van der Waals surface area contributed by atoms with E-state index in [2.05, 4.69) is 4.90 Å². The van der Waals surface area contributed by atoms with Crippen LogP contribution in [0.15, 0.2) is 54.6 Å². The summed E-state index contributed by atoms with van der Waals surface area (Å²) in [5, 5.41) is 20.9. The molecular weight excluding hydrogens is 321 g/mol. The molecule has 1 aliphatic rings. The van der Waals surface area contributed by atoms with Crippen molar-refractivity contribution in [1.29, 1.82) is 0 Å². The van der Waals surface area contributed by atoms with Crippen molar-refractivity contribution in [3.05, 3.63) is 71.5 Å². The number of hydrogen-bond donors (Lipinski definition) is 2. The molecule has 3 atom stereocenters. The maximum atomic E-state index is 13.9. The van der Waals surface area contributed by atoms with E-state index in [1.54, 1.807) is 18.2 Å². The smallest absolute Gasteiger partial charge is 0.129 e. The second kappa shape index (κ2) is 8.54. The van der Waals surface area contributed by atoms with Crippen LogP contribution in [-0.4, -0.2) is 47.5 Å². The van der Waals surface area contributed by atoms with E-state index in [0.717, 1.165) is 5.56 Å². The minimum absolute atomic E-state index is 0.0228. The third-order valence-electron chi connectivity index (χ3n) is 4.70. The summed E-state index contributed by atoms with van der Waals surface area (Å²) < 4.78 is 19.4. The molecule has 3 rings (SSSR count). The lowest BCUT2D eigenvalue weighted by Crippen LogP contribution is -2.47. The number of morpholine rings is 1. The Balaban J connectivity index is 1.65. The van der Waals surface area contributed by atoms with Gasteiger partial charge in [-0.05, 0) is 18.1 Å². The Hall–Kier alpha value is -1.79. The number of benzene rings is 2. The molecule has 0 spiro atoms. The molecule has 2 aromatic rings. The van der Waals surface area contributed by atoms with E-state index in [9.17, 15) is 14.6 Å². The molecule has 0 amide bonds. The molecular formula is C20H24FNO3. The minimum atomic E-state index is -0.907. The van der Waals surface area contributed by atoms with Gasteiger partial charge in [-0.3, -0.25) is 4.90 Å². The van der Waals surface area contributed by atoms with Crippen molar-refractivity contribution < 1.29 is 19.3 Å². The summed E-state index contributed by atoms with van der Waals surface area (Å²) >= 11 is 0. The van der Waals surface area contributed by atoms with Gasteiger partial charge in [-0.2, -0.15) is 0 Å². The highest BCUT2D eigenvalue weighted by Crippen LogP contribution is 2.25. The molecule has 0 bridgehead atoms. The van der Waals surface area contributed by atoms with Crippen LogP contribution in [0.2, 0.25) is 0 Å². The topological polar surface area (TPSA) is 52.9 Å². The normalized spacial score (nSPS) is 21.0. The van der Waals surface area contributed by atoms with Gasteiger partial charge in [-0.25, -0.2) is 4.39 Å². The van der Waals surface area contributed by atoms with Crippen LogP contribution in [0.25, 0.3) is 0 Å². The van der Waals surface area contributed by atoms with Crippen molar-refractivity contribution in [2.45, 2.75) is 24.7 Å². The first-order chi connectivity index (χ1) is 12.1. The van der Waals surface area contributed by atoms with Gasteiger partial charge in [0.25, 0.3) is 0 Å². The lowest BCUT2D eigenvalue weighted by Gasteiger charge is -2.37. The highest BCUT2D eigenvalue weighted by molar-refractivity contribution is 5.20. The van der Waals surface area contributed by atoms with Crippen LogP contribution >= 0.6 is 0 Å². The molecule has 2 N–H and O–H groups in total. The number of β-amino-alcohol motifs (C(OH)–C–C–N with tert-alkyl or cyclic N) is 1. The van der Waals surface area contributed by atoms with Crippen LogP contribution in [0.1, 0.15) is 29.8 Å². The Morgan fingerprint density at radius 3 is 2.52 bits per heavy atom. The van der Waals surface area contributed by atoms with E-state index >= 15 is 0 Å². The fourth-order valence-corrected chi connectivity index (χ4v) is 3.28. The summed E-state index contributed by atoms with van der Waals surface area (Å²) in [6, 6.07) is 15.8. The van der Waals surface area contributed by atoms with E-state index in [4.69, 9.17) is 4.74 Å². The van der Waals surface area contributed by atoms with Gasteiger partial charge < -0.3 is 14.9 Å². The fourth-order valence-electron chi connectivity index (χ4n) is 3.28. The van der Waals surface area contributed by atoms with Crippen molar-refractivity contribution in [3.8, 4) is 0 Å². The molecule has 1 heterocycles. The van der Waals surface area contributed by atoms with E-state index in [1.807, 2.05) is 30.3 Å². The first kappa shape index (κ1) is 18.0. The average molecular weight is 345 g/mol. The van der Waals surface area contributed by atoms with Gasteiger partial charge in [0, 0.05) is 24.7 Å². The molecule has 25 heavy (non-hydrogen) atoms. The summed E-state index contributed by atoms with van der Waals surface area (Å²) in [5.41, 5.74) is 1.17. The monoisotopic (exact) mass is 345 g/mol. The second-order valence-electron chi connectivity index (χ2n) is 6.42. The molecule has 1 saturated heterocycles. The zero-order chi connectivity index (χ0) is 17.6. The molecule has 134 valence electrons. The third-order valence-corrected chi connectivity index (χ3v) is 4.70. The maximum absolute atomic E-state index is 13.9. The molecule has 0 aromatic heterocycles. The summed E-state index contributed by atoms with van der Waals surface area (Å²) in [6.45, 7) is 2.03. The SMILES string of the molecule is OC(CC1COCCN1CC(O)c1ccccc1F)c1ccccc1. The van der Waals surface area contributed by atoms with Crippen LogP contribution < -0.4 is 0 Å². The molecule has 5 heteroatoms. The predicted octanol–water partition coefficient (Wildman–Crippen LogP) is 2.68. The molecule has 2 aromatic carbocycles. The first-order valence-corrected chi connectivity index (χ1v) is 8.62. The van der Waals surface area contributed by atoms with Crippen molar-refractivity contribution in [2.75, 3.05) is 26.3 Å². The van der Waals surface area contributed by atoms with Crippen molar-refractivity contribution in [1.82, 2.24) is 4.90 Å². The molecule has 3 unspecified atom stereocenters. The van der Waals surface area contributed by atoms with Gasteiger partial charge in [0.1, 0.15) is 5.82 Å². The van der Waals surface area contributed by atoms with Crippen LogP contribution in [-0.2, 0) is 4.74 Å². The van der Waals surface area contributed by atoms with Gasteiger partial charge in [-0.1, -0.05) is 48.5 Å². The zero-order valence-electron chi connectivity index (χ0n) is 14.1. The van der Waals surface area contributed by atoms with Gasteiger partial charge in [0.15, 0.2) is 0 Å². The molecule has 4 nitrogen and oxygen atoms in total. The number of halogens is 1. The highest BCUT2D eigenvalue weighted by atomic mass is 19.1. The van der Waals surface area contributed by atoms with Crippen LogP contribution in [0.5, 0.6) is 0 Å². The average Bonchev–Trinajstić information content (AvgIpc) is 2.64. The quantitative estimate of drug-likeness (QED) is 0.845. The molecule has 0 radical (unpaired) electrons. The number of hydrogen-bond acceptors (Lipinski definition) is 4. The lowest BCUT2D eigenvalue weighted by molar-refractivity contribution is -0.0427. The molecule has 1 aliphatic heterocycles. The summed E-state index contributed by atoms with van der Waals surface area (Å²) in [6.07, 6.45) is -0.995. The van der Waals surface area contributed by atoms with E-state index in [1.165, 1.54) is 6.07 Å². The van der Waals surface area contributed by atoms with E-state index in [0.29, 0.717) is 38.3 Å². The largest absolute Gasteiger partial charge is 0.388 e. The fraction of sp³-hybridized carbons (Fsp3) is 0.400. The Morgan fingerprint density at radius 2 is 1.76 bits per heavy atom. The van der Waals surface area contributed by atoms with Gasteiger partial charge in [0.2, 0.25) is 0 Å². The number of ether oxygens (including phenoxy) is 1. The van der Waals surface area contributed by atoms with E-state index in [-0.39, 0.29) is 6.04 Å². The molecule has 0 aliphatic carbocycles. The highest BCUT2D eigenvalue weighted by Gasteiger charge is 2.28. The van der Waals surface area contributed by atoms with Crippen molar-refractivity contribution in [3.63, 3.8) is 0 Å². The number of nitrogens with zero attached hydrogens (tertiary/aromatic N) is 1. The number of aliphatic hydroxyl groups excluding tert-OH is 2. The van der Waals surface area contributed by atoms with E-state index < -0.39 is 18.0 Å². The molecule has 1 fully saturated rings. The summed E-state index contributed by atoms with van der Waals surface area (Å²) in [4.78, 5) is 2.08. The van der Waals surface area contributed by atoms with Crippen LogP contribution in [0, 0.1) is 5.82 Å². The summed E-state index contributed by atoms with van der Waals surface area (Å²) in [7, 11) is 0.